The predicted molar refractivity (Wildman–Crippen MR) is 128 cm³/mol. The van der Waals surface area contributed by atoms with Crippen LogP contribution in [0.5, 0.6) is 0 Å². The lowest BCUT2D eigenvalue weighted by Crippen LogP contribution is -2.12. The van der Waals surface area contributed by atoms with Crippen molar-refractivity contribution in [2.24, 2.45) is 0 Å². The third-order valence-electron chi connectivity index (χ3n) is 5.37. The average Bonchev–Trinajstić information content (AvgIpc) is 3.23. The number of halogens is 1. The van der Waals surface area contributed by atoms with Crippen molar-refractivity contribution >= 4 is 22.7 Å². The number of nitrogens with one attached hydrogen (secondary N) is 1. The van der Waals surface area contributed by atoms with Gasteiger partial charge >= 0.3 is 0 Å². The molecule has 33 heavy (non-hydrogen) atoms. The van der Waals surface area contributed by atoms with Gasteiger partial charge < -0.3 is 4.98 Å². The van der Waals surface area contributed by atoms with Gasteiger partial charge in [0, 0.05) is 5.69 Å². The molecule has 2 heterocycles. The first-order valence-corrected chi connectivity index (χ1v) is 11.4. The van der Waals surface area contributed by atoms with E-state index in [4.69, 9.17) is 0 Å². The summed E-state index contributed by atoms with van der Waals surface area (Å²) in [6, 6.07) is 19.9. The maximum Gasteiger partial charge on any atom is 0.258 e. The van der Waals surface area contributed by atoms with Crippen molar-refractivity contribution in [2.45, 2.75) is 24.8 Å². The number of aromatic amines is 1. The van der Waals surface area contributed by atoms with Gasteiger partial charge in [-0.2, -0.15) is 0 Å². The van der Waals surface area contributed by atoms with E-state index < -0.39 is 0 Å². The molecule has 8 heteroatoms. The van der Waals surface area contributed by atoms with Crippen molar-refractivity contribution < 1.29 is 4.39 Å². The van der Waals surface area contributed by atoms with E-state index in [-0.39, 0.29) is 11.4 Å². The van der Waals surface area contributed by atoms with Crippen LogP contribution in [0.2, 0.25) is 0 Å². The van der Waals surface area contributed by atoms with E-state index in [0.29, 0.717) is 39.0 Å². The van der Waals surface area contributed by atoms with E-state index >= 15 is 0 Å². The number of fused-ring (bicyclic) bond motifs is 1. The number of benzene rings is 3. The summed E-state index contributed by atoms with van der Waals surface area (Å²) in [7, 11) is 0. The maximum atomic E-state index is 14.6. The summed E-state index contributed by atoms with van der Waals surface area (Å²) in [5.74, 6) is 0.958. The van der Waals surface area contributed by atoms with Crippen LogP contribution in [-0.2, 0) is 5.75 Å². The number of nitrogens with zero attached hydrogens (tertiary/aromatic N) is 4. The van der Waals surface area contributed by atoms with Gasteiger partial charge in [-0.1, -0.05) is 53.7 Å². The zero-order valence-electron chi connectivity index (χ0n) is 18.0. The lowest BCUT2D eigenvalue weighted by molar-refractivity contribution is 0.629. The van der Waals surface area contributed by atoms with Gasteiger partial charge in [0.15, 0.2) is 11.0 Å². The minimum atomic E-state index is -0.370. The number of para-hydroxylation sites is 1. The Balaban J connectivity index is 1.56. The van der Waals surface area contributed by atoms with Crippen LogP contribution >= 0.6 is 11.8 Å². The molecule has 6 nitrogen and oxygen atoms in total. The molecule has 2 aromatic heterocycles. The van der Waals surface area contributed by atoms with Gasteiger partial charge in [-0.3, -0.25) is 9.36 Å². The Morgan fingerprint density at radius 2 is 1.76 bits per heavy atom. The SMILES string of the molecule is Cc1ccc(-n2c(SCc3nc4c(C)cccc4c(=O)[nH]3)nnc2-c2ccccc2F)cc1. The molecule has 0 saturated carbocycles. The standard InChI is InChI=1S/C25H20FN5OS/c1-15-10-12-17(13-11-15)31-23(18-7-3-4-9-20(18)26)29-30-25(31)33-14-21-27-22-16(2)6-5-8-19(22)24(32)28-21/h3-13H,14H2,1-2H3,(H,27,28,32). The average molecular weight is 458 g/mol. The zero-order chi connectivity index (χ0) is 22.9. The van der Waals surface area contributed by atoms with Crippen LogP contribution in [0.25, 0.3) is 28.0 Å². The molecule has 0 fully saturated rings. The monoisotopic (exact) mass is 457 g/mol. The Kier molecular flexibility index (Phi) is 5.51. The van der Waals surface area contributed by atoms with Crippen molar-refractivity contribution in [3.8, 4) is 17.1 Å². The summed E-state index contributed by atoms with van der Waals surface area (Å²) >= 11 is 1.38. The first kappa shape index (κ1) is 21.1. The highest BCUT2D eigenvalue weighted by molar-refractivity contribution is 7.98. The normalized spacial score (nSPS) is 11.2. The molecular formula is C25H20FN5OS. The van der Waals surface area contributed by atoms with Crippen LogP contribution in [0, 0.1) is 19.7 Å². The van der Waals surface area contributed by atoms with Crippen LogP contribution in [-0.4, -0.2) is 24.7 Å². The van der Waals surface area contributed by atoms with Crippen molar-refractivity contribution in [1.82, 2.24) is 24.7 Å². The first-order chi connectivity index (χ1) is 16.0. The van der Waals surface area contributed by atoms with E-state index in [0.717, 1.165) is 16.8 Å². The highest BCUT2D eigenvalue weighted by Gasteiger charge is 2.19. The highest BCUT2D eigenvalue weighted by atomic mass is 32.2. The van der Waals surface area contributed by atoms with E-state index in [1.807, 2.05) is 54.8 Å². The fraction of sp³-hybridized carbons (Fsp3) is 0.120. The van der Waals surface area contributed by atoms with Crippen molar-refractivity contribution in [3.63, 3.8) is 0 Å². The fourth-order valence-corrected chi connectivity index (χ4v) is 4.48. The summed E-state index contributed by atoms with van der Waals surface area (Å²) < 4.78 is 16.4. The Labute approximate surface area is 193 Å². The number of rotatable bonds is 5. The molecule has 0 spiro atoms. The number of thioether (sulfide) groups is 1. The molecule has 3 aromatic carbocycles. The van der Waals surface area contributed by atoms with Crippen LogP contribution < -0.4 is 5.56 Å². The Bertz CT molecular complexity index is 1520. The molecule has 0 aliphatic carbocycles. The van der Waals surface area contributed by atoms with E-state index in [1.54, 1.807) is 24.3 Å². The number of hydrogen-bond acceptors (Lipinski definition) is 5. The molecule has 0 saturated heterocycles. The van der Waals surface area contributed by atoms with Crippen LogP contribution in [0.1, 0.15) is 17.0 Å². The smallest absolute Gasteiger partial charge is 0.258 e. The van der Waals surface area contributed by atoms with Crippen molar-refractivity contribution in [1.29, 1.82) is 0 Å². The summed E-state index contributed by atoms with van der Waals surface area (Å²) in [4.78, 5) is 20.0. The van der Waals surface area contributed by atoms with Crippen molar-refractivity contribution in [2.75, 3.05) is 0 Å². The molecule has 0 radical (unpaired) electrons. The van der Waals surface area contributed by atoms with Crippen LogP contribution in [0.15, 0.2) is 76.7 Å². The zero-order valence-corrected chi connectivity index (χ0v) is 18.9. The van der Waals surface area contributed by atoms with E-state index in [2.05, 4.69) is 20.2 Å². The van der Waals surface area contributed by atoms with Gasteiger partial charge in [0.05, 0.1) is 22.2 Å². The second kappa shape index (κ2) is 8.63. The Morgan fingerprint density at radius 1 is 0.970 bits per heavy atom. The number of aromatic nitrogens is 5. The predicted octanol–water partition coefficient (Wildman–Crippen LogP) is 5.22. The molecule has 0 bridgehead atoms. The van der Waals surface area contributed by atoms with Gasteiger partial charge in [-0.05, 0) is 49.7 Å². The summed E-state index contributed by atoms with van der Waals surface area (Å²) in [5.41, 5.74) is 3.75. The summed E-state index contributed by atoms with van der Waals surface area (Å²) in [5, 5.41) is 9.78. The van der Waals surface area contributed by atoms with Gasteiger partial charge in [0.2, 0.25) is 0 Å². The van der Waals surface area contributed by atoms with Crippen LogP contribution in [0.3, 0.4) is 0 Å². The largest absolute Gasteiger partial charge is 0.309 e. The van der Waals surface area contributed by atoms with Crippen LogP contribution in [0.4, 0.5) is 4.39 Å². The maximum absolute atomic E-state index is 14.6. The first-order valence-electron chi connectivity index (χ1n) is 10.4. The number of hydrogen-bond donors (Lipinski definition) is 1. The molecule has 0 unspecified atom stereocenters. The molecule has 0 aliphatic rings. The van der Waals surface area contributed by atoms with Gasteiger partial charge in [0.1, 0.15) is 11.6 Å². The third-order valence-corrected chi connectivity index (χ3v) is 6.31. The molecule has 164 valence electrons. The van der Waals surface area contributed by atoms with Crippen molar-refractivity contribution in [3.05, 3.63) is 99.9 Å². The quantitative estimate of drug-likeness (QED) is 0.366. The minimum absolute atomic E-state index is 0.175. The Morgan fingerprint density at radius 3 is 2.55 bits per heavy atom. The van der Waals surface area contributed by atoms with Gasteiger partial charge in [-0.25, -0.2) is 9.37 Å². The van der Waals surface area contributed by atoms with Gasteiger partial charge in [0.25, 0.3) is 5.56 Å². The third kappa shape index (κ3) is 4.05. The molecule has 1 N–H and O–H groups in total. The molecule has 0 atom stereocenters. The van der Waals surface area contributed by atoms with E-state index in [1.165, 1.54) is 17.8 Å². The highest BCUT2D eigenvalue weighted by Crippen LogP contribution is 2.30. The Hall–Kier alpha value is -3.78. The lowest BCUT2D eigenvalue weighted by atomic mass is 10.1. The molecule has 0 aliphatic heterocycles. The lowest BCUT2D eigenvalue weighted by Gasteiger charge is -2.11. The van der Waals surface area contributed by atoms with Gasteiger partial charge in [-0.15, -0.1) is 10.2 Å². The molecule has 0 amide bonds. The fourth-order valence-electron chi connectivity index (χ4n) is 3.66. The minimum Gasteiger partial charge on any atom is -0.309 e. The second-order valence-electron chi connectivity index (χ2n) is 7.73. The summed E-state index contributed by atoms with van der Waals surface area (Å²) in [6.45, 7) is 3.94. The molecular weight excluding hydrogens is 437 g/mol. The molecule has 5 rings (SSSR count). The number of H-pyrrole nitrogens is 1. The molecule has 5 aromatic rings. The topological polar surface area (TPSA) is 76.5 Å². The van der Waals surface area contributed by atoms with E-state index in [9.17, 15) is 9.18 Å². The number of aryl methyl sites for hydroxylation is 2. The second-order valence-corrected chi connectivity index (χ2v) is 8.67. The summed E-state index contributed by atoms with van der Waals surface area (Å²) in [6.07, 6.45) is 0.